The molecule has 2 unspecified atom stereocenters. The smallest absolute Gasteiger partial charge is 0.151 e. The maximum atomic E-state index is 6.02. The summed E-state index contributed by atoms with van der Waals surface area (Å²) in [7, 11) is 0. The van der Waals surface area contributed by atoms with E-state index < -0.39 is 0 Å². The normalized spacial score (nSPS) is 26.3. The van der Waals surface area contributed by atoms with Gasteiger partial charge in [0, 0.05) is 12.1 Å². The van der Waals surface area contributed by atoms with Crippen LogP contribution in [0.15, 0.2) is 12.1 Å². The Morgan fingerprint density at radius 1 is 1.27 bits per heavy atom. The number of hydrogen-bond acceptors (Lipinski definition) is 4. The topological polar surface area (TPSA) is 63.8 Å². The number of rotatable bonds is 2. The van der Waals surface area contributed by atoms with Gasteiger partial charge in [-0.2, -0.15) is 0 Å². The molecule has 15 heavy (non-hydrogen) atoms. The molecule has 1 aromatic heterocycles. The molecule has 3 N–H and O–H groups in total. The van der Waals surface area contributed by atoms with Gasteiger partial charge in [0.15, 0.2) is 5.15 Å². The van der Waals surface area contributed by atoms with E-state index in [-0.39, 0.29) is 6.04 Å². The number of nitrogens with two attached hydrogens (primary N) is 1. The van der Waals surface area contributed by atoms with Gasteiger partial charge in [-0.15, -0.1) is 10.2 Å². The molecule has 2 atom stereocenters. The zero-order valence-corrected chi connectivity index (χ0v) is 9.24. The van der Waals surface area contributed by atoms with Gasteiger partial charge in [-0.25, -0.2) is 0 Å². The molecular formula is C10H15ClN4. The van der Waals surface area contributed by atoms with Gasteiger partial charge in [-0.1, -0.05) is 24.4 Å². The highest BCUT2D eigenvalue weighted by atomic mass is 35.5. The Hall–Kier alpha value is -0.870. The van der Waals surface area contributed by atoms with E-state index in [9.17, 15) is 0 Å². The Bertz CT molecular complexity index is 314. The summed E-state index contributed by atoms with van der Waals surface area (Å²) in [4.78, 5) is 0. The summed E-state index contributed by atoms with van der Waals surface area (Å²) in [5.41, 5.74) is 6.02. The zero-order chi connectivity index (χ0) is 10.7. The first-order valence-electron chi connectivity index (χ1n) is 5.27. The molecule has 0 aromatic carbocycles. The molecule has 1 aliphatic rings. The van der Waals surface area contributed by atoms with Gasteiger partial charge in [0.05, 0.1) is 0 Å². The Morgan fingerprint density at radius 2 is 2.07 bits per heavy atom. The molecule has 0 bridgehead atoms. The summed E-state index contributed by atoms with van der Waals surface area (Å²) in [6.07, 6.45) is 4.64. The molecule has 1 fully saturated rings. The number of hydrogen-bond donors (Lipinski definition) is 2. The second-order valence-corrected chi connectivity index (χ2v) is 4.33. The number of nitrogens with one attached hydrogen (secondary N) is 1. The third kappa shape index (κ3) is 2.79. The highest BCUT2D eigenvalue weighted by molar-refractivity contribution is 6.29. The molecule has 1 heterocycles. The predicted molar refractivity (Wildman–Crippen MR) is 60.9 cm³/mol. The minimum absolute atomic E-state index is 0.219. The molecule has 0 spiro atoms. The fourth-order valence-corrected chi connectivity index (χ4v) is 2.02. The van der Waals surface area contributed by atoms with E-state index in [1.165, 1.54) is 12.8 Å². The van der Waals surface area contributed by atoms with Gasteiger partial charge in [0.2, 0.25) is 0 Å². The van der Waals surface area contributed by atoms with E-state index in [4.69, 9.17) is 17.3 Å². The number of halogens is 1. The van der Waals surface area contributed by atoms with Crippen LogP contribution in [0.5, 0.6) is 0 Å². The maximum absolute atomic E-state index is 6.02. The standard InChI is InChI=1S/C10H15ClN4/c11-9-5-6-10(15-14-9)13-8-4-2-1-3-7(8)12/h5-8H,1-4,12H2,(H,13,15). The minimum Gasteiger partial charge on any atom is -0.364 e. The first-order valence-corrected chi connectivity index (χ1v) is 5.65. The van der Waals surface area contributed by atoms with Crippen LogP contribution in [0.2, 0.25) is 5.15 Å². The molecule has 0 aliphatic heterocycles. The lowest BCUT2D eigenvalue weighted by molar-refractivity contribution is 0.403. The number of nitrogens with zero attached hydrogens (tertiary/aromatic N) is 2. The van der Waals surface area contributed by atoms with Crippen molar-refractivity contribution in [1.82, 2.24) is 10.2 Å². The third-order valence-corrected chi connectivity index (χ3v) is 2.99. The van der Waals surface area contributed by atoms with Gasteiger partial charge in [0.25, 0.3) is 0 Å². The van der Waals surface area contributed by atoms with Gasteiger partial charge < -0.3 is 11.1 Å². The highest BCUT2D eigenvalue weighted by Crippen LogP contribution is 2.20. The first kappa shape index (κ1) is 10.6. The molecule has 1 saturated carbocycles. The van der Waals surface area contributed by atoms with Crippen LogP contribution in [-0.2, 0) is 0 Å². The van der Waals surface area contributed by atoms with Gasteiger partial charge >= 0.3 is 0 Å². The Kier molecular flexibility index (Phi) is 3.38. The average Bonchev–Trinajstić information content (AvgIpc) is 2.25. The first-order chi connectivity index (χ1) is 7.25. The van der Waals surface area contributed by atoms with Crippen molar-refractivity contribution in [3.05, 3.63) is 17.3 Å². The fourth-order valence-electron chi connectivity index (χ4n) is 1.92. The molecular weight excluding hydrogens is 212 g/mol. The quantitative estimate of drug-likeness (QED) is 0.808. The Morgan fingerprint density at radius 3 is 2.73 bits per heavy atom. The summed E-state index contributed by atoms with van der Waals surface area (Å²) in [6, 6.07) is 4.09. The van der Waals surface area contributed by atoms with Crippen LogP contribution in [0.3, 0.4) is 0 Å². The highest BCUT2D eigenvalue weighted by Gasteiger charge is 2.21. The van der Waals surface area contributed by atoms with Crippen molar-refractivity contribution in [2.24, 2.45) is 5.73 Å². The van der Waals surface area contributed by atoms with Crippen molar-refractivity contribution >= 4 is 17.4 Å². The van der Waals surface area contributed by atoms with E-state index in [1.54, 1.807) is 6.07 Å². The van der Waals surface area contributed by atoms with Crippen LogP contribution >= 0.6 is 11.6 Å². The molecule has 1 aliphatic carbocycles. The molecule has 0 saturated heterocycles. The zero-order valence-electron chi connectivity index (χ0n) is 8.49. The molecule has 4 nitrogen and oxygen atoms in total. The van der Waals surface area contributed by atoms with Gasteiger partial charge in [0.1, 0.15) is 5.82 Å². The summed E-state index contributed by atoms with van der Waals surface area (Å²) < 4.78 is 0. The molecule has 0 radical (unpaired) electrons. The summed E-state index contributed by atoms with van der Waals surface area (Å²) in [5, 5.41) is 11.5. The second kappa shape index (κ2) is 4.77. The maximum Gasteiger partial charge on any atom is 0.151 e. The van der Waals surface area contributed by atoms with Crippen LogP contribution in [0.25, 0.3) is 0 Å². The summed E-state index contributed by atoms with van der Waals surface area (Å²) in [6.45, 7) is 0. The van der Waals surface area contributed by atoms with E-state index in [0.717, 1.165) is 18.7 Å². The number of aromatic nitrogens is 2. The van der Waals surface area contributed by atoms with Crippen molar-refractivity contribution in [1.29, 1.82) is 0 Å². The minimum atomic E-state index is 0.219. The van der Waals surface area contributed by atoms with Crippen molar-refractivity contribution in [3.63, 3.8) is 0 Å². The molecule has 82 valence electrons. The molecule has 1 aromatic rings. The summed E-state index contributed by atoms with van der Waals surface area (Å²) in [5.74, 6) is 0.752. The van der Waals surface area contributed by atoms with E-state index >= 15 is 0 Å². The molecule has 5 heteroatoms. The van der Waals surface area contributed by atoms with Gasteiger partial charge in [-0.05, 0) is 25.0 Å². The average molecular weight is 227 g/mol. The lowest BCUT2D eigenvalue weighted by Gasteiger charge is -2.29. The van der Waals surface area contributed by atoms with E-state index in [0.29, 0.717) is 11.2 Å². The molecule has 0 amide bonds. The van der Waals surface area contributed by atoms with Crippen LogP contribution in [0, 0.1) is 0 Å². The van der Waals surface area contributed by atoms with Crippen molar-refractivity contribution < 1.29 is 0 Å². The SMILES string of the molecule is NC1CCCCC1Nc1ccc(Cl)nn1. The largest absolute Gasteiger partial charge is 0.364 e. The van der Waals surface area contributed by atoms with Gasteiger partial charge in [-0.3, -0.25) is 0 Å². The Balaban J connectivity index is 1.98. The second-order valence-electron chi connectivity index (χ2n) is 3.94. The van der Waals surface area contributed by atoms with Crippen molar-refractivity contribution in [2.75, 3.05) is 5.32 Å². The summed E-state index contributed by atoms with van der Waals surface area (Å²) >= 11 is 5.66. The van der Waals surface area contributed by atoms with E-state index in [2.05, 4.69) is 15.5 Å². The lowest BCUT2D eigenvalue weighted by atomic mass is 9.91. The molecule has 2 rings (SSSR count). The number of anilines is 1. The lowest BCUT2D eigenvalue weighted by Crippen LogP contribution is -2.42. The van der Waals surface area contributed by atoms with E-state index in [1.807, 2.05) is 6.07 Å². The van der Waals surface area contributed by atoms with Crippen molar-refractivity contribution in [2.45, 2.75) is 37.8 Å². The van der Waals surface area contributed by atoms with Crippen molar-refractivity contribution in [3.8, 4) is 0 Å². The van der Waals surface area contributed by atoms with Crippen LogP contribution in [0.1, 0.15) is 25.7 Å². The third-order valence-electron chi connectivity index (χ3n) is 2.78. The Labute approximate surface area is 94.2 Å². The van der Waals surface area contributed by atoms with Crippen LogP contribution < -0.4 is 11.1 Å². The van der Waals surface area contributed by atoms with Crippen LogP contribution in [0.4, 0.5) is 5.82 Å². The fraction of sp³-hybridized carbons (Fsp3) is 0.600. The predicted octanol–water partition coefficient (Wildman–Crippen LogP) is 1.81. The monoisotopic (exact) mass is 226 g/mol. The van der Waals surface area contributed by atoms with Crippen LogP contribution in [-0.4, -0.2) is 22.3 Å².